The number of rotatable bonds is 5. The summed E-state index contributed by atoms with van der Waals surface area (Å²) in [6.07, 6.45) is 0.628. The highest BCUT2D eigenvalue weighted by Crippen LogP contribution is 2.19. The second-order valence-electron chi connectivity index (χ2n) is 4.98. The number of anilines is 1. The van der Waals surface area contributed by atoms with E-state index in [1.54, 1.807) is 0 Å². The standard InChI is InChI=1S/C14H21NO2/c1-9(2)7-13(14(16)17)15-12-6-5-10(3)8-11(12)4/h5-6,8-9,13,15H,7H2,1-4H3,(H,16,17). The Balaban J connectivity index is 2.82. The molecule has 1 unspecified atom stereocenters. The lowest BCUT2D eigenvalue weighted by molar-refractivity contribution is -0.138. The van der Waals surface area contributed by atoms with Crippen molar-refractivity contribution in [3.05, 3.63) is 29.3 Å². The Morgan fingerprint density at radius 2 is 2.00 bits per heavy atom. The predicted molar refractivity (Wildman–Crippen MR) is 70.4 cm³/mol. The summed E-state index contributed by atoms with van der Waals surface area (Å²) >= 11 is 0. The Morgan fingerprint density at radius 1 is 1.35 bits per heavy atom. The van der Waals surface area contributed by atoms with Gasteiger partial charge in [0, 0.05) is 5.69 Å². The van der Waals surface area contributed by atoms with E-state index in [-0.39, 0.29) is 0 Å². The molecule has 0 amide bonds. The third-order valence-electron chi connectivity index (χ3n) is 2.72. The average molecular weight is 235 g/mol. The summed E-state index contributed by atoms with van der Waals surface area (Å²) in [4.78, 5) is 11.2. The molecule has 0 saturated carbocycles. The molecule has 3 heteroatoms. The van der Waals surface area contributed by atoms with Crippen molar-refractivity contribution in [1.82, 2.24) is 0 Å². The molecule has 0 radical (unpaired) electrons. The second kappa shape index (κ2) is 5.71. The minimum atomic E-state index is -0.793. The Kier molecular flexibility index (Phi) is 4.55. The fraction of sp³-hybridized carbons (Fsp3) is 0.500. The molecule has 1 aromatic carbocycles. The molecule has 1 aromatic rings. The third kappa shape index (κ3) is 4.10. The number of nitrogens with one attached hydrogen (secondary N) is 1. The van der Waals surface area contributed by atoms with E-state index in [0.717, 1.165) is 11.3 Å². The molecule has 0 heterocycles. The van der Waals surface area contributed by atoms with Crippen LogP contribution in [0.5, 0.6) is 0 Å². The van der Waals surface area contributed by atoms with Gasteiger partial charge in [-0.15, -0.1) is 0 Å². The van der Waals surface area contributed by atoms with Crippen LogP contribution in [-0.2, 0) is 4.79 Å². The first kappa shape index (κ1) is 13.6. The molecule has 0 spiro atoms. The van der Waals surface area contributed by atoms with Crippen LogP contribution >= 0.6 is 0 Å². The molecule has 0 aliphatic heterocycles. The number of carboxylic acids is 1. The summed E-state index contributed by atoms with van der Waals surface area (Å²) in [5, 5.41) is 12.3. The highest BCUT2D eigenvalue weighted by atomic mass is 16.4. The van der Waals surface area contributed by atoms with Crippen LogP contribution in [0.1, 0.15) is 31.4 Å². The second-order valence-corrected chi connectivity index (χ2v) is 4.98. The van der Waals surface area contributed by atoms with Gasteiger partial charge in [0.25, 0.3) is 0 Å². The van der Waals surface area contributed by atoms with Crippen molar-refractivity contribution in [2.75, 3.05) is 5.32 Å². The van der Waals surface area contributed by atoms with Crippen LogP contribution in [0.4, 0.5) is 5.69 Å². The van der Waals surface area contributed by atoms with Crippen molar-refractivity contribution < 1.29 is 9.90 Å². The summed E-state index contributed by atoms with van der Waals surface area (Å²) < 4.78 is 0. The fourth-order valence-corrected chi connectivity index (χ4v) is 1.86. The molecular formula is C14H21NO2. The zero-order valence-corrected chi connectivity index (χ0v) is 10.9. The number of benzene rings is 1. The van der Waals surface area contributed by atoms with Gasteiger partial charge in [-0.1, -0.05) is 31.5 Å². The van der Waals surface area contributed by atoms with Gasteiger partial charge in [-0.05, 0) is 37.8 Å². The van der Waals surface area contributed by atoms with E-state index in [1.807, 2.05) is 39.8 Å². The molecule has 0 saturated heterocycles. The summed E-state index contributed by atoms with van der Waals surface area (Å²) in [5.74, 6) is -0.437. The average Bonchev–Trinajstić information content (AvgIpc) is 2.19. The van der Waals surface area contributed by atoms with Crippen molar-refractivity contribution in [2.24, 2.45) is 5.92 Å². The van der Waals surface area contributed by atoms with Crippen LogP contribution in [0.3, 0.4) is 0 Å². The van der Waals surface area contributed by atoms with Crippen LogP contribution in [0, 0.1) is 19.8 Å². The summed E-state index contributed by atoms with van der Waals surface area (Å²) in [6.45, 7) is 8.07. The highest BCUT2D eigenvalue weighted by Gasteiger charge is 2.18. The van der Waals surface area contributed by atoms with Crippen LogP contribution in [0.15, 0.2) is 18.2 Å². The molecule has 0 fully saturated rings. The van der Waals surface area contributed by atoms with E-state index in [2.05, 4.69) is 11.4 Å². The maximum atomic E-state index is 11.2. The molecule has 0 aromatic heterocycles. The Bertz CT molecular complexity index is 399. The maximum absolute atomic E-state index is 11.2. The fourth-order valence-electron chi connectivity index (χ4n) is 1.86. The lowest BCUT2D eigenvalue weighted by atomic mass is 10.0. The largest absolute Gasteiger partial charge is 0.480 e. The van der Waals surface area contributed by atoms with Crippen molar-refractivity contribution in [1.29, 1.82) is 0 Å². The minimum Gasteiger partial charge on any atom is -0.480 e. The van der Waals surface area contributed by atoms with E-state index in [9.17, 15) is 4.79 Å². The Morgan fingerprint density at radius 3 is 2.47 bits per heavy atom. The van der Waals surface area contributed by atoms with E-state index in [0.29, 0.717) is 12.3 Å². The lowest BCUT2D eigenvalue weighted by Gasteiger charge is -2.19. The molecular weight excluding hydrogens is 214 g/mol. The van der Waals surface area contributed by atoms with E-state index in [4.69, 9.17) is 5.11 Å². The third-order valence-corrected chi connectivity index (χ3v) is 2.72. The van der Waals surface area contributed by atoms with Crippen molar-refractivity contribution in [3.8, 4) is 0 Å². The first-order valence-corrected chi connectivity index (χ1v) is 5.96. The first-order chi connectivity index (χ1) is 7.90. The Labute approximate surface area is 103 Å². The summed E-state index contributed by atoms with van der Waals surface area (Å²) in [5.41, 5.74) is 3.17. The van der Waals surface area contributed by atoms with Crippen LogP contribution in [0.2, 0.25) is 0 Å². The van der Waals surface area contributed by atoms with Gasteiger partial charge in [-0.2, -0.15) is 0 Å². The minimum absolute atomic E-state index is 0.356. The molecule has 0 bridgehead atoms. The zero-order chi connectivity index (χ0) is 13.0. The number of aryl methyl sites for hydroxylation is 2. The topological polar surface area (TPSA) is 49.3 Å². The molecule has 0 aliphatic rings. The molecule has 1 rings (SSSR count). The number of carbonyl (C=O) groups is 1. The van der Waals surface area contributed by atoms with Gasteiger partial charge in [0.2, 0.25) is 0 Å². The predicted octanol–water partition coefficient (Wildman–Crippen LogP) is 3.21. The van der Waals surface area contributed by atoms with Crippen molar-refractivity contribution in [2.45, 2.75) is 40.2 Å². The molecule has 3 nitrogen and oxygen atoms in total. The molecule has 1 atom stereocenters. The van der Waals surface area contributed by atoms with Gasteiger partial charge in [0.05, 0.1) is 0 Å². The van der Waals surface area contributed by atoms with Gasteiger partial charge in [-0.25, -0.2) is 4.79 Å². The normalized spacial score (nSPS) is 12.5. The molecule has 17 heavy (non-hydrogen) atoms. The maximum Gasteiger partial charge on any atom is 0.326 e. The van der Waals surface area contributed by atoms with Crippen LogP contribution in [-0.4, -0.2) is 17.1 Å². The van der Waals surface area contributed by atoms with Crippen molar-refractivity contribution in [3.63, 3.8) is 0 Å². The molecule has 94 valence electrons. The van der Waals surface area contributed by atoms with Gasteiger partial charge in [0.15, 0.2) is 0 Å². The quantitative estimate of drug-likeness (QED) is 0.824. The summed E-state index contributed by atoms with van der Waals surface area (Å²) in [6, 6.07) is 5.47. The number of hydrogen-bond acceptors (Lipinski definition) is 2. The smallest absolute Gasteiger partial charge is 0.326 e. The molecule has 0 aliphatic carbocycles. The lowest BCUT2D eigenvalue weighted by Crippen LogP contribution is -2.31. The van der Waals surface area contributed by atoms with Gasteiger partial charge in [-0.3, -0.25) is 0 Å². The SMILES string of the molecule is Cc1ccc(NC(CC(C)C)C(=O)O)c(C)c1. The number of aliphatic carboxylic acids is 1. The van der Waals surface area contributed by atoms with Gasteiger partial charge < -0.3 is 10.4 Å². The Hall–Kier alpha value is -1.51. The highest BCUT2D eigenvalue weighted by molar-refractivity contribution is 5.77. The van der Waals surface area contributed by atoms with E-state index >= 15 is 0 Å². The molecule has 2 N–H and O–H groups in total. The number of hydrogen-bond donors (Lipinski definition) is 2. The van der Waals surface area contributed by atoms with Gasteiger partial charge >= 0.3 is 5.97 Å². The monoisotopic (exact) mass is 235 g/mol. The van der Waals surface area contributed by atoms with Crippen LogP contribution < -0.4 is 5.32 Å². The van der Waals surface area contributed by atoms with Gasteiger partial charge in [0.1, 0.15) is 6.04 Å². The van der Waals surface area contributed by atoms with E-state index < -0.39 is 12.0 Å². The van der Waals surface area contributed by atoms with Crippen molar-refractivity contribution >= 4 is 11.7 Å². The van der Waals surface area contributed by atoms with Crippen LogP contribution in [0.25, 0.3) is 0 Å². The summed E-state index contributed by atoms with van der Waals surface area (Å²) in [7, 11) is 0. The first-order valence-electron chi connectivity index (χ1n) is 5.96. The van der Waals surface area contributed by atoms with E-state index in [1.165, 1.54) is 5.56 Å². The number of carboxylic acid groups (broad SMARTS) is 1. The zero-order valence-electron chi connectivity index (χ0n) is 10.9.